The van der Waals surface area contributed by atoms with E-state index in [0.717, 1.165) is 28.3 Å². The molecule has 3 rings (SSSR count). The van der Waals surface area contributed by atoms with E-state index in [1.165, 1.54) is 12.5 Å². The summed E-state index contributed by atoms with van der Waals surface area (Å²) in [5, 5.41) is 3.12. The average molecular weight is 464 g/mol. The zero-order valence-electron chi connectivity index (χ0n) is 22.0. The Bertz CT molecular complexity index is 999. The van der Waals surface area contributed by atoms with Crippen molar-refractivity contribution >= 4 is 11.6 Å². The molecule has 0 radical (unpaired) electrons. The Balaban J connectivity index is 0.000000934. The van der Waals surface area contributed by atoms with Gasteiger partial charge in [-0.1, -0.05) is 45.1 Å². The van der Waals surface area contributed by atoms with Crippen LogP contribution in [0.5, 0.6) is 0 Å². The molecular weight excluding hydrogens is 422 g/mol. The number of rotatable bonds is 3. The summed E-state index contributed by atoms with van der Waals surface area (Å²) in [5.74, 6) is 1.16. The number of carbonyl (C=O) groups is 1. The number of hydrogen-bond donors (Lipinski definition) is 2. The fourth-order valence-electron chi connectivity index (χ4n) is 2.69. The molecule has 1 heterocycles. The van der Waals surface area contributed by atoms with Crippen molar-refractivity contribution in [2.45, 2.75) is 53.9 Å². The lowest BCUT2D eigenvalue weighted by Gasteiger charge is -2.18. The first-order valence-electron chi connectivity index (χ1n) is 11.2. The number of allylic oxidation sites excluding steroid dienone is 2. The third-order valence-electron chi connectivity index (χ3n) is 4.23. The number of benzene rings is 2. The summed E-state index contributed by atoms with van der Waals surface area (Å²) in [6.07, 6.45) is 3.50. The zero-order chi connectivity index (χ0) is 26.3. The van der Waals surface area contributed by atoms with Gasteiger partial charge in [-0.2, -0.15) is 0 Å². The van der Waals surface area contributed by atoms with Crippen LogP contribution >= 0.6 is 0 Å². The van der Waals surface area contributed by atoms with Gasteiger partial charge in [0.15, 0.2) is 5.76 Å². The van der Waals surface area contributed by atoms with E-state index in [0.29, 0.717) is 5.89 Å². The fraction of sp³-hybridized carbons (Fsp3) is 0.310. The summed E-state index contributed by atoms with van der Waals surface area (Å²) in [7, 11) is 1.91. The highest BCUT2D eigenvalue weighted by Gasteiger charge is 2.16. The number of hydrogen-bond acceptors (Lipinski definition) is 4. The fourth-order valence-corrected chi connectivity index (χ4v) is 2.69. The van der Waals surface area contributed by atoms with Crippen LogP contribution < -0.4 is 11.1 Å². The first-order chi connectivity index (χ1) is 15.9. The SMILES string of the molecule is C=CC.C=CC.CC(N)=O.CNc1ccc(-c2oc(-c3ccc(C(C)(C)C)cc3)nc2C)cc1. The second-order valence-electron chi connectivity index (χ2n) is 8.52. The summed E-state index contributed by atoms with van der Waals surface area (Å²) in [4.78, 5) is 13.8. The quantitative estimate of drug-likeness (QED) is 0.393. The number of primary amides is 1. The van der Waals surface area contributed by atoms with Gasteiger partial charge in [0.05, 0.1) is 5.69 Å². The molecule has 0 unspecified atom stereocenters. The maximum Gasteiger partial charge on any atom is 0.226 e. The molecule has 2 aromatic carbocycles. The van der Waals surface area contributed by atoms with E-state index >= 15 is 0 Å². The van der Waals surface area contributed by atoms with Crippen molar-refractivity contribution in [1.29, 1.82) is 0 Å². The minimum Gasteiger partial charge on any atom is -0.436 e. The Morgan fingerprint density at radius 1 is 0.971 bits per heavy atom. The summed E-state index contributed by atoms with van der Waals surface area (Å²) in [6, 6.07) is 16.6. The van der Waals surface area contributed by atoms with Gasteiger partial charge in [0, 0.05) is 30.8 Å². The van der Waals surface area contributed by atoms with Gasteiger partial charge in [-0.05, 0) is 68.1 Å². The van der Waals surface area contributed by atoms with Gasteiger partial charge in [0.2, 0.25) is 11.8 Å². The van der Waals surface area contributed by atoms with Crippen LogP contribution in [0.2, 0.25) is 0 Å². The predicted octanol–water partition coefficient (Wildman–Crippen LogP) is 7.53. The second kappa shape index (κ2) is 15.3. The van der Waals surface area contributed by atoms with Crippen molar-refractivity contribution < 1.29 is 9.21 Å². The minimum absolute atomic E-state index is 0.144. The van der Waals surface area contributed by atoms with Gasteiger partial charge in [-0.3, -0.25) is 4.79 Å². The monoisotopic (exact) mass is 463 g/mol. The number of nitrogens with two attached hydrogens (primary N) is 1. The van der Waals surface area contributed by atoms with Crippen molar-refractivity contribution in [3.05, 3.63) is 85.1 Å². The van der Waals surface area contributed by atoms with Gasteiger partial charge >= 0.3 is 0 Å². The number of aromatic nitrogens is 1. The van der Waals surface area contributed by atoms with Crippen LogP contribution in [0.3, 0.4) is 0 Å². The van der Waals surface area contributed by atoms with Crippen LogP contribution in [-0.2, 0) is 10.2 Å². The van der Waals surface area contributed by atoms with E-state index in [9.17, 15) is 4.79 Å². The molecule has 34 heavy (non-hydrogen) atoms. The van der Waals surface area contributed by atoms with Crippen molar-refractivity contribution in [3.63, 3.8) is 0 Å². The second-order valence-corrected chi connectivity index (χ2v) is 8.52. The van der Waals surface area contributed by atoms with Crippen molar-refractivity contribution in [2.75, 3.05) is 12.4 Å². The largest absolute Gasteiger partial charge is 0.436 e. The van der Waals surface area contributed by atoms with E-state index in [1.807, 2.05) is 52.1 Å². The van der Waals surface area contributed by atoms with Crippen molar-refractivity contribution in [3.8, 4) is 22.8 Å². The lowest BCUT2D eigenvalue weighted by atomic mass is 9.87. The first-order valence-corrected chi connectivity index (χ1v) is 11.2. The minimum atomic E-state index is -0.333. The van der Waals surface area contributed by atoms with Crippen LogP contribution in [0.4, 0.5) is 5.69 Å². The first kappa shape index (κ1) is 30.4. The topological polar surface area (TPSA) is 81.2 Å². The molecule has 0 atom stereocenters. The van der Waals surface area contributed by atoms with Crippen LogP contribution in [-0.4, -0.2) is 17.9 Å². The Kier molecular flexibility index (Phi) is 13.7. The predicted molar refractivity (Wildman–Crippen MR) is 147 cm³/mol. The standard InChI is InChI=1S/C21H24N2O.2C3H6.C2H5NO/c1-14-19(15-8-12-18(22-5)13-9-15)24-20(23-14)16-6-10-17(11-7-16)21(2,3)4;2*1-3-2;1-2(3)4/h6-13,22H,1-5H3;2*3H,1H2,2H3;1H3,(H2,3,4). The summed E-state index contributed by atoms with van der Waals surface area (Å²) >= 11 is 0. The molecule has 0 aliphatic rings. The molecule has 0 bridgehead atoms. The Labute approximate surface area is 205 Å². The van der Waals surface area contributed by atoms with E-state index in [-0.39, 0.29) is 11.3 Å². The Morgan fingerprint density at radius 3 is 1.76 bits per heavy atom. The van der Waals surface area contributed by atoms with Crippen LogP contribution in [0.15, 0.2) is 78.3 Å². The normalized spacial score (nSPS) is 9.65. The smallest absolute Gasteiger partial charge is 0.226 e. The van der Waals surface area contributed by atoms with E-state index in [4.69, 9.17) is 4.42 Å². The van der Waals surface area contributed by atoms with Gasteiger partial charge in [-0.25, -0.2) is 4.98 Å². The van der Waals surface area contributed by atoms with Crippen LogP contribution in [0.1, 0.15) is 52.8 Å². The summed E-state index contributed by atoms with van der Waals surface area (Å²) in [6.45, 7) is 20.4. The highest BCUT2D eigenvalue weighted by molar-refractivity contribution is 5.70. The van der Waals surface area contributed by atoms with E-state index in [1.54, 1.807) is 12.2 Å². The summed E-state index contributed by atoms with van der Waals surface area (Å²) in [5.41, 5.74) is 9.94. The maximum absolute atomic E-state index is 9.22. The molecule has 3 aromatic rings. The number of oxazole rings is 1. The third-order valence-corrected chi connectivity index (χ3v) is 4.23. The molecule has 0 aliphatic carbocycles. The highest BCUT2D eigenvalue weighted by Crippen LogP contribution is 2.31. The summed E-state index contributed by atoms with van der Waals surface area (Å²) < 4.78 is 6.05. The molecule has 0 fully saturated rings. The number of nitrogens with zero attached hydrogens (tertiary/aromatic N) is 1. The number of anilines is 1. The van der Waals surface area contributed by atoms with Gasteiger partial charge < -0.3 is 15.5 Å². The average Bonchev–Trinajstić information content (AvgIpc) is 3.16. The molecule has 0 saturated carbocycles. The van der Waals surface area contributed by atoms with Gasteiger partial charge in [-0.15, -0.1) is 13.2 Å². The molecule has 0 aliphatic heterocycles. The lowest BCUT2D eigenvalue weighted by Crippen LogP contribution is -2.10. The third kappa shape index (κ3) is 10.8. The van der Waals surface area contributed by atoms with Gasteiger partial charge in [0.1, 0.15) is 0 Å². The molecule has 1 aromatic heterocycles. The van der Waals surface area contributed by atoms with Gasteiger partial charge in [0.25, 0.3) is 0 Å². The molecule has 5 heteroatoms. The lowest BCUT2D eigenvalue weighted by molar-refractivity contribution is -0.115. The number of aryl methyl sites for hydroxylation is 1. The zero-order valence-corrected chi connectivity index (χ0v) is 22.0. The highest BCUT2D eigenvalue weighted by atomic mass is 16.4. The molecule has 0 saturated heterocycles. The molecule has 3 N–H and O–H groups in total. The molecule has 1 amide bonds. The van der Waals surface area contributed by atoms with Crippen LogP contribution in [0.25, 0.3) is 22.8 Å². The molecular formula is C29H41N3O2. The number of amides is 1. The number of carbonyl (C=O) groups excluding carboxylic acids is 1. The Morgan fingerprint density at radius 2 is 1.38 bits per heavy atom. The molecule has 5 nitrogen and oxygen atoms in total. The van der Waals surface area contributed by atoms with E-state index < -0.39 is 0 Å². The maximum atomic E-state index is 9.22. The van der Waals surface area contributed by atoms with Crippen molar-refractivity contribution in [1.82, 2.24) is 4.98 Å². The van der Waals surface area contributed by atoms with E-state index in [2.05, 4.69) is 74.2 Å². The Hall–Kier alpha value is -3.60. The van der Waals surface area contributed by atoms with Crippen molar-refractivity contribution in [2.24, 2.45) is 5.73 Å². The number of nitrogens with one attached hydrogen (secondary N) is 1. The molecule has 0 spiro atoms. The molecule has 184 valence electrons. The van der Waals surface area contributed by atoms with Crippen LogP contribution in [0, 0.1) is 6.92 Å².